The van der Waals surface area contributed by atoms with Gasteiger partial charge in [0.25, 0.3) is 0 Å². The van der Waals surface area contributed by atoms with Gasteiger partial charge in [-0.25, -0.2) is 4.39 Å². The van der Waals surface area contributed by atoms with Crippen molar-refractivity contribution < 1.29 is 14.0 Å². The van der Waals surface area contributed by atoms with E-state index in [9.17, 15) is 9.50 Å². The summed E-state index contributed by atoms with van der Waals surface area (Å²) in [5.74, 6) is 0.644. The van der Waals surface area contributed by atoms with Crippen LogP contribution in [-0.2, 0) is 0 Å². The lowest BCUT2D eigenvalue weighted by Crippen LogP contribution is -2.26. The predicted octanol–water partition coefficient (Wildman–Crippen LogP) is 2.88. The Morgan fingerprint density at radius 3 is 2.78 bits per heavy atom. The molecule has 0 aliphatic heterocycles. The van der Waals surface area contributed by atoms with Crippen LogP contribution in [0, 0.1) is 5.82 Å². The summed E-state index contributed by atoms with van der Waals surface area (Å²) in [5.41, 5.74) is 0.566. The number of nitrogens with zero attached hydrogens (tertiary/aromatic N) is 2. The molecule has 2 aromatic rings. The van der Waals surface area contributed by atoms with Gasteiger partial charge in [0, 0.05) is 16.0 Å². The van der Waals surface area contributed by atoms with Gasteiger partial charge in [-0.2, -0.15) is 4.98 Å². The highest BCUT2D eigenvalue weighted by Crippen LogP contribution is 2.36. The van der Waals surface area contributed by atoms with Crippen molar-refractivity contribution in [3.63, 3.8) is 0 Å². The topological polar surface area (TPSA) is 59.2 Å². The third kappa shape index (κ3) is 2.18. The molecule has 6 heteroatoms. The number of hydrogen-bond acceptors (Lipinski definition) is 4. The normalized spacial score (nSPS) is 22.8. The van der Waals surface area contributed by atoms with Crippen LogP contribution in [0.3, 0.4) is 0 Å². The summed E-state index contributed by atoms with van der Waals surface area (Å²) >= 11 is 3.22. The zero-order valence-electron chi connectivity index (χ0n) is 9.31. The maximum atomic E-state index is 13.3. The molecule has 1 saturated carbocycles. The van der Waals surface area contributed by atoms with Gasteiger partial charge in [-0.3, -0.25) is 0 Å². The number of hydrogen-bond donors (Lipinski definition) is 1. The minimum atomic E-state index is -0.357. The van der Waals surface area contributed by atoms with Crippen molar-refractivity contribution in [1.29, 1.82) is 0 Å². The molecule has 0 bridgehead atoms. The van der Waals surface area contributed by atoms with Crippen molar-refractivity contribution in [2.45, 2.75) is 24.9 Å². The predicted molar refractivity (Wildman–Crippen MR) is 65.4 cm³/mol. The van der Waals surface area contributed by atoms with E-state index in [0.29, 0.717) is 34.6 Å². The van der Waals surface area contributed by atoms with E-state index >= 15 is 0 Å². The second-order valence-corrected chi connectivity index (χ2v) is 5.35. The molecule has 0 atom stereocenters. The Labute approximate surface area is 111 Å². The number of benzene rings is 1. The van der Waals surface area contributed by atoms with Gasteiger partial charge in [-0.1, -0.05) is 21.1 Å². The summed E-state index contributed by atoms with van der Waals surface area (Å²) in [6.07, 6.45) is 1.02. The van der Waals surface area contributed by atoms with Gasteiger partial charge in [0.2, 0.25) is 11.7 Å². The first-order valence-electron chi connectivity index (χ1n) is 5.60. The van der Waals surface area contributed by atoms with E-state index in [0.717, 1.165) is 0 Å². The summed E-state index contributed by atoms with van der Waals surface area (Å²) in [5, 5.41) is 13.1. The standard InChI is InChI=1S/C12H10BrFN2O2/c13-8-1-6(2-9(14)5-8)11-15-12(18-16-11)7-3-10(17)4-7/h1-2,5,7,10,17H,3-4H2. The van der Waals surface area contributed by atoms with E-state index in [1.807, 2.05) is 0 Å². The summed E-state index contributed by atoms with van der Waals surface area (Å²) in [6.45, 7) is 0. The lowest BCUT2D eigenvalue weighted by Gasteiger charge is -2.27. The van der Waals surface area contributed by atoms with E-state index in [4.69, 9.17) is 4.52 Å². The lowest BCUT2D eigenvalue weighted by atomic mass is 9.82. The van der Waals surface area contributed by atoms with Crippen LogP contribution in [0.25, 0.3) is 11.4 Å². The fourth-order valence-electron chi connectivity index (χ4n) is 1.99. The first-order chi connectivity index (χ1) is 8.61. The van der Waals surface area contributed by atoms with Crippen LogP contribution < -0.4 is 0 Å². The van der Waals surface area contributed by atoms with Crippen LogP contribution in [-0.4, -0.2) is 21.4 Å². The number of aromatic nitrogens is 2. The molecule has 0 spiro atoms. The third-order valence-electron chi connectivity index (χ3n) is 3.02. The van der Waals surface area contributed by atoms with Crippen LogP contribution in [0.15, 0.2) is 27.2 Å². The number of halogens is 2. The molecule has 1 N–H and O–H groups in total. The molecular formula is C12H10BrFN2O2. The van der Waals surface area contributed by atoms with E-state index < -0.39 is 0 Å². The fourth-order valence-corrected chi connectivity index (χ4v) is 2.46. The molecule has 1 aromatic heterocycles. The molecule has 1 fully saturated rings. The first-order valence-corrected chi connectivity index (χ1v) is 6.39. The van der Waals surface area contributed by atoms with Crippen molar-refractivity contribution >= 4 is 15.9 Å². The molecular weight excluding hydrogens is 303 g/mol. The molecule has 0 saturated heterocycles. The summed E-state index contributed by atoms with van der Waals surface area (Å²) in [7, 11) is 0. The van der Waals surface area contributed by atoms with Crippen molar-refractivity contribution in [1.82, 2.24) is 10.1 Å². The second-order valence-electron chi connectivity index (χ2n) is 4.44. The summed E-state index contributed by atoms with van der Waals surface area (Å²) in [4.78, 5) is 4.24. The largest absolute Gasteiger partial charge is 0.393 e. The average Bonchev–Trinajstić information content (AvgIpc) is 2.72. The Balaban J connectivity index is 1.88. The molecule has 1 heterocycles. The maximum absolute atomic E-state index is 13.3. The Hall–Kier alpha value is -1.27. The highest BCUT2D eigenvalue weighted by atomic mass is 79.9. The molecule has 0 radical (unpaired) electrons. The van der Waals surface area contributed by atoms with E-state index in [1.54, 1.807) is 6.07 Å². The Morgan fingerprint density at radius 2 is 2.11 bits per heavy atom. The number of rotatable bonds is 2. The second kappa shape index (κ2) is 4.44. The fraction of sp³-hybridized carbons (Fsp3) is 0.333. The molecule has 1 aliphatic rings. The minimum absolute atomic E-state index is 0.123. The summed E-state index contributed by atoms with van der Waals surface area (Å²) < 4.78 is 19.0. The van der Waals surface area contributed by atoms with Gasteiger partial charge < -0.3 is 9.63 Å². The van der Waals surface area contributed by atoms with Gasteiger partial charge in [0.15, 0.2) is 0 Å². The average molecular weight is 313 g/mol. The zero-order valence-corrected chi connectivity index (χ0v) is 10.9. The van der Waals surface area contributed by atoms with Crippen molar-refractivity contribution in [3.8, 4) is 11.4 Å². The molecule has 3 rings (SSSR count). The van der Waals surface area contributed by atoms with Crippen molar-refractivity contribution in [3.05, 3.63) is 34.4 Å². The van der Waals surface area contributed by atoms with E-state index in [1.165, 1.54) is 12.1 Å². The van der Waals surface area contributed by atoms with Gasteiger partial charge in [0.05, 0.1) is 6.10 Å². The lowest BCUT2D eigenvalue weighted by molar-refractivity contribution is 0.0625. The van der Waals surface area contributed by atoms with E-state index in [2.05, 4.69) is 26.1 Å². The molecule has 0 unspecified atom stereocenters. The molecule has 0 amide bonds. The maximum Gasteiger partial charge on any atom is 0.230 e. The number of aliphatic hydroxyl groups excluding tert-OH is 1. The zero-order chi connectivity index (χ0) is 12.7. The van der Waals surface area contributed by atoms with Crippen LogP contribution in [0.4, 0.5) is 4.39 Å². The van der Waals surface area contributed by atoms with Crippen LogP contribution >= 0.6 is 15.9 Å². The highest BCUT2D eigenvalue weighted by molar-refractivity contribution is 9.10. The SMILES string of the molecule is OC1CC(c2nc(-c3cc(F)cc(Br)c3)no2)C1. The monoisotopic (exact) mass is 312 g/mol. The molecule has 94 valence electrons. The Kier molecular flexibility index (Phi) is 2.91. The highest BCUT2D eigenvalue weighted by Gasteiger charge is 2.33. The molecule has 1 aliphatic carbocycles. The first kappa shape index (κ1) is 11.8. The Morgan fingerprint density at radius 1 is 1.33 bits per heavy atom. The van der Waals surface area contributed by atoms with Gasteiger partial charge in [-0.15, -0.1) is 0 Å². The van der Waals surface area contributed by atoms with Gasteiger partial charge in [-0.05, 0) is 31.0 Å². The quantitative estimate of drug-likeness (QED) is 0.926. The Bertz CT molecular complexity index is 561. The van der Waals surface area contributed by atoms with Crippen LogP contribution in [0.1, 0.15) is 24.7 Å². The van der Waals surface area contributed by atoms with Crippen LogP contribution in [0.2, 0.25) is 0 Å². The van der Waals surface area contributed by atoms with Gasteiger partial charge in [0.1, 0.15) is 5.82 Å². The minimum Gasteiger partial charge on any atom is -0.393 e. The molecule has 1 aromatic carbocycles. The van der Waals surface area contributed by atoms with Crippen molar-refractivity contribution in [2.24, 2.45) is 0 Å². The van der Waals surface area contributed by atoms with E-state index in [-0.39, 0.29) is 17.8 Å². The summed E-state index contributed by atoms with van der Waals surface area (Å²) in [6, 6.07) is 4.45. The third-order valence-corrected chi connectivity index (χ3v) is 3.48. The smallest absolute Gasteiger partial charge is 0.230 e. The molecule has 4 nitrogen and oxygen atoms in total. The number of aliphatic hydroxyl groups is 1. The van der Waals surface area contributed by atoms with Crippen LogP contribution in [0.5, 0.6) is 0 Å². The molecule has 18 heavy (non-hydrogen) atoms. The van der Waals surface area contributed by atoms with Gasteiger partial charge >= 0.3 is 0 Å². The van der Waals surface area contributed by atoms with Crippen molar-refractivity contribution in [2.75, 3.05) is 0 Å².